The number of rotatable bonds is 6. The molecule has 4 nitrogen and oxygen atoms in total. The minimum Gasteiger partial charge on any atom is -0.369 e. The molecule has 0 aromatic heterocycles. The first-order valence-corrected chi connectivity index (χ1v) is 11.2. The number of piperazine rings is 1. The van der Waals surface area contributed by atoms with Gasteiger partial charge in [-0.25, -0.2) is 0 Å². The molecule has 1 heterocycles. The standard InChI is InChI=1S/C24H27N3OS/c1-2-26-13-15-27(16-14-26)22-10-8-21(9-11-22)25-24(28)18-29-23-12-7-19-5-3-4-6-20(19)17-23/h3-12,17H,2,13-16,18H2,1H3,(H,25,28). The number of amides is 1. The topological polar surface area (TPSA) is 35.6 Å². The number of hydrogen-bond donors (Lipinski definition) is 1. The van der Waals surface area contributed by atoms with Gasteiger partial charge < -0.3 is 15.1 Å². The Bertz CT molecular complexity index is 965. The summed E-state index contributed by atoms with van der Waals surface area (Å²) in [6, 6.07) is 22.8. The van der Waals surface area contributed by atoms with Crippen LogP contribution in [0.25, 0.3) is 10.8 Å². The van der Waals surface area contributed by atoms with Crippen LogP contribution in [0.15, 0.2) is 71.6 Å². The number of nitrogens with one attached hydrogen (secondary N) is 1. The summed E-state index contributed by atoms with van der Waals surface area (Å²) in [5.41, 5.74) is 2.08. The lowest BCUT2D eigenvalue weighted by molar-refractivity contribution is -0.113. The third-order valence-corrected chi connectivity index (χ3v) is 6.42. The highest BCUT2D eigenvalue weighted by molar-refractivity contribution is 8.00. The van der Waals surface area contributed by atoms with Crippen LogP contribution >= 0.6 is 11.8 Å². The van der Waals surface area contributed by atoms with Crippen molar-refractivity contribution in [3.63, 3.8) is 0 Å². The van der Waals surface area contributed by atoms with Crippen molar-refractivity contribution in [3.05, 3.63) is 66.7 Å². The summed E-state index contributed by atoms with van der Waals surface area (Å²) in [7, 11) is 0. The van der Waals surface area contributed by atoms with Gasteiger partial charge in [0.25, 0.3) is 0 Å². The van der Waals surface area contributed by atoms with Gasteiger partial charge in [0.05, 0.1) is 5.75 Å². The fourth-order valence-electron chi connectivity index (χ4n) is 3.68. The number of fused-ring (bicyclic) bond motifs is 1. The minimum absolute atomic E-state index is 0.0208. The van der Waals surface area contributed by atoms with Gasteiger partial charge in [0.2, 0.25) is 5.91 Å². The molecule has 1 fully saturated rings. The highest BCUT2D eigenvalue weighted by Gasteiger charge is 2.15. The molecule has 1 amide bonds. The van der Waals surface area contributed by atoms with Gasteiger partial charge in [0.15, 0.2) is 0 Å². The Morgan fingerprint density at radius 3 is 2.38 bits per heavy atom. The Hall–Kier alpha value is -2.50. The highest BCUT2D eigenvalue weighted by atomic mass is 32.2. The van der Waals surface area contributed by atoms with E-state index in [0.29, 0.717) is 5.75 Å². The minimum atomic E-state index is 0.0208. The van der Waals surface area contributed by atoms with E-state index in [1.165, 1.54) is 16.5 Å². The molecule has 0 atom stereocenters. The molecule has 29 heavy (non-hydrogen) atoms. The van der Waals surface area contributed by atoms with Crippen LogP contribution < -0.4 is 10.2 Å². The SMILES string of the molecule is CCN1CCN(c2ccc(NC(=O)CSc3ccc4ccccc4c3)cc2)CC1. The number of hydrogen-bond acceptors (Lipinski definition) is 4. The van der Waals surface area contributed by atoms with E-state index >= 15 is 0 Å². The summed E-state index contributed by atoms with van der Waals surface area (Å²) in [4.78, 5) is 18.3. The molecule has 3 aromatic carbocycles. The largest absolute Gasteiger partial charge is 0.369 e. The zero-order valence-corrected chi connectivity index (χ0v) is 17.6. The maximum atomic E-state index is 12.4. The average Bonchev–Trinajstić information content (AvgIpc) is 2.78. The predicted octanol–water partition coefficient (Wildman–Crippen LogP) is 4.71. The summed E-state index contributed by atoms with van der Waals surface area (Å²) >= 11 is 1.57. The number of carbonyl (C=O) groups excluding carboxylic acids is 1. The van der Waals surface area contributed by atoms with E-state index < -0.39 is 0 Å². The van der Waals surface area contributed by atoms with Gasteiger partial charge in [-0.2, -0.15) is 0 Å². The first kappa shape index (κ1) is 19.8. The quantitative estimate of drug-likeness (QED) is 0.603. The van der Waals surface area contributed by atoms with E-state index in [1.807, 2.05) is 24.3 Å². The maximum Gasteiger partial charge on any atom is 0.234 e. The number of benzene rings is 3. The van der Waals surface area contributed by atoms with Crippen molar-refractivity contribution in [2.24, 2.45) is 0 Å². The zero-order chi connectivity index (χ0) is 20.1. The summed E-state index contributed by atoms with van der Waals surface area (Å²) in [6.07, 6.45) is 0. The molecule has 1 aliphatic heterocycles. The molecule has 1 N–H and O–H groups in total. The second-order valence-electron chi connectivity index (χ2n) is 7.31. The van der Waals surface area contributed by atoms with Crippen LogP contribution in [-0.4, -0.2) is 49.3 Å². The fourth-order valence-corrected chi connectivity index (χ4v) is 4.43. The summed E-state index contributed by atoms with van der Waals surface area (Å²) in [5, 5.41) is 5.43. The van der Waals surface area contributed by atoms with Crippen LogP contribution in [0, 0.1) is 0 Å². The maximum absolute atomic E-state index is 12.4. The average molecular weight is 406 g/mol. The molecule has 0 bridgehead atoms. The number of nitrogens with zero attached hydrogens (tertiary/aromatic N) is 2. The summed E-state index contributed by atoms with van der Waals surface area (Å²) in [6.45, 7) is 7.67. The number of carbonyl (C=O) groups is 1. The van der Waals surface area contributed by atoms with Gasteiger partial charge in [-0.05, 0) is 53.7 Å². The summed E-state index contributed by atoms with van der Waals surface area (Å²) < 4.78 is 0. The van der Waals surface area contributed by atoms with Crippen LogP contribution in [-0.2, 0) is 4.79 Å². The van der Waals surface area contributed by atoms with E-state index in [9.17, 15) is 4.79 Å². The smallest absolute Gasteiger partial charge is 0.234 e. The van der Waals surface area contributed by atoms with Gasteiger partial charge >= 0.3 is 0 Å². The monoisotopic (exact) mass is 405 g/mol. The predicted molar refractivity (Wildman–Crippen MR) is 124 cm³/mol. The van der Waals surface area contributed by atoms with E-state index in [2.05, 4.69) is 64.5 Å². The van der Waals surface area contributed by atoms with Gasteiger partial charge in [0, 0.05) is 42.4 Å². The molecule has 0 aliphatic carbocycles. The second-order valence-corrected chi connectivity index (χ2v) is 8.36. The lowest BCUT2D eigenvalue weighted by Gasteiger charge is -2.35. The Labute approximate surface area is 176 Å². The van der Waals surface area contributed by atoms with E-state index in [0.717, 1.165) is 43.3 Å². The number of thioether (sulfide) groups is 1. The molecular formula is C24H27N3OS. The Balaban J connectivity index is 1.29. The van der Waals surface area contributed by atoms with Crippen LogP contribution in [0.3, 0.4) is 0 Å². The molecular weight excluding hydrogens is 378 g/mol. The highest BCUT2D eigenvalue weighted by Crippen LogP contribution is 2.24. The number of likely N-dealkylation sites (N-methyl/N-ethyl adjacent to an activating group) is 1. The molecule has 3 aromatic rings. The van der Waals surface area contributed by atoms with Crippen LogP contribution in [0.5, 0.6) is 0 Å². The van der Waals surface area contributed by atoms with E-state index in [-0.39, 0.29) is 5.91 Å². The van der Waals surface area contributed by atoms with Crippen LogP contribution in [0.4, 0.5) is 11.4 Å². The molecule has 0 radical (unpaired) electrons. The molecule has 0 spiro atoms. The third-order valence-electron chi connectivity index (χ3n) is 5.43. The Morgan fingerprint density at radius 2 is 1.66 bits per heavy atom. The molecule has 1 aliphatic rings. The molecule has 0 saturated carbocycles. The first-order valence-electron chi connectivity index (χ1n) is 10.2. The van der Waals surface area contributed by atoms with Gasteiger partial charge in [-0.1, -0.05) is 37.3 Å². The van der Waals surface area contributed by atoms with Crippen LogP contribution in [0.2, 0.25) is 0 Å². The molecule has 150 valence electrons. The third kappa shape index (κ3) is 5.11. The fraction of sp³-hybridized carbons (Fsp3) is 0.292. The normalized spacial score (nSPS) is 14.9. The van der Waals surface area contributed by atoms with Crippen molar-refractivity contribution in [2.45, 2.75) is 11.8 Å². The van der Waals surface area contributed by atoms with E-state index in [1.54, 1.807) is 11.8 Å². The van der Waals surface area contributed by atoms with Crippen molar-refractivity contribution in [2.75, 3.05) is 48.7 Å². The Morgan fingerprint density at radius 1 is 0.931 bits per heavy atom. The lowest BCUT2D eigenvalue weighted by Crippen LogP contribution is -2.46. The number of anilines is 2. The van der Waals surface area contributed by atoms with Crippen molar-refractivity contribution in [3.8, 4) is 0 Å². The van der Waals surface area contributed by atoms with Crippen LogP contribution in [0.1, 0.15) is 6.92 Å². The molecule has 4 rings (SSSR count). The van der Waals surface area contributed by atoms with Gasteiger partial charge in [-0.15, -0.1) is 11.8 Å². The van der Waals surface area contributed by atoms with Crippen molar-refractivity contribution in [1.29, 1.82) is 0 Å². The molecule has 0 unspecified atom stereocenters. The summed E-state index contributed by atoms with van der Waals surface area (Å²) in [5.74, 6) is 0.423. The lowest BCUT2D eigenvalue weighted by atomic mass is 10.1. The van der Waals surface area contributed by atoms with Crippen molar-refractivity contribution in [1.82, 2.24) is 4.90 Å². The molecule has 1 saturated heterocycles. The Kier molecular flexibility index (Phi) is 6.37. The molecule has 5 heteroatoms. The van der Waals surface area contributed by atoms with Crippen molar-refractivity contribution >= 4 is 39.8 Å². The zero-order valence-electron chi connectivity index (χ0n) is 16.8. The van der Waals surface area contributed by atoms with Gasteiger partial charge in [-0.3, -0.25) is 4.79 Å². The van der Waals surface area contributed by atoms with Crippen molar-refractivity contribution < 1.29 is 4.79 Å². The second kappa shape index (κ2) is 9.33. The first-order chi connectivity index (χ1) is 14.2. The van der Waals surface area contributed by atoms with Gasteiger partial charge in [0.1, 0.15) is 0 Å². The van der Waals surface area contributed by atoms with E-state index in [4.69, 9.17) is 0 Å².